The lowest BCUT2D eigenvalue weighted by molar-refractivity contribution is -0.136. The maximum absolute atomic E-state index is 13.2. The molecule has 0 spiro atoms. The topological polar surface area (TPSA) is 63.3 Å². The fourth-order valence-electron chi connectivity index (χ4n) is 1.07. The summed E-state index contributed by atoms with van der Waals surface area (Å²) in [6, 6.07) is 4.85. The number of hydrogen-bond donors (Lipinski definition) is 3. The van der Waals surface area contributed by atoms with Crippen LogP contribution < -0.4 is 5.73 Å². The van der Waals surface area contributed by atoms with Gasteiger partial charge < -0.3 is 10.8 Å². The van der Waals surface area contributed by atoms with Crippen LogP contribution in [0.15, 0.2) is 24.3 Å². The Morgan fingerprint density at radius 3 is 2.57 bits per heavy atom. The van der Waals surface area contributed by atoms with Crippen molar-refractivity contribution in [2.75, 3.05) is 0 Å². The number of rotatable bonds is 3. The molecule has 0 aliphatic carbocycles. The summed E-state index contributed by atoms with van der Waals surface area (Å²) < 4.78 is 13.2. The molecule has 0 aliphatic rings. The Labute approximate surface area is 86.1 Å². The van der Waals surface area contributed by atoms with Gasteiger partial charge in [0, 0.05) is 5.56 Å². The molecular weight excluding hydrogens is 205 g/mol. The molecule has 0 saturated heterocycles. The first-order valence-electron chi connectivity index (χ1n) is 3.95. The van der Waals surface area contributed by atoms with Crippen LogP contribution in [0.25, 0.3) is 0 Å². The van der Waals surface area contributed by atoms with Crippen LogP contribution in [0.4, 0.5) is 4.39 Å². The first-order chi connectivity index (χ1) is 6.54. The van der Waals surface area contributed by atoms with Crippen molar-refractivity contribution in [3.63, 3.8) is 0 Å². The highest BCUT2D eigenvalue weighted by molar-refractivity contribution is 7.81. The maximum atomic E-state index is 13.2. The van der Waals surface area contributed by atoms with E-state index >= 15 is 0 Å². The Bertz CT molecular complexity index is 345. The molecule has 1 aromatic carbocycles. The van der Waals surface area contributed by atoms with E-state index in [4.69, 9.17) is 10.8 Å². The Morgan fingerprint density at radius 1 is 1.50 bits per heavy atom. The molecule has 0 fully saturated rings. The van der Waals surface area contributed by atoms with E-state index in [-0.39, 0.29) is 5.56 Å². The number of halogens is 1. The molecular formula is C9H10FNO2S. The summed E-state index contributed by atoms with van der Waals surface area (Å²) in [6.45, 7) is 0. The number of hydrogen-bond acceptors (Lipinski definition) is 3. The van der Waals surface area contributed by atoms with Crippen LogP contribution in [0.2, 0.25) is 0 Å². The molecule has 14 heavy (non-hydrogen) atoms. The average Bonchev–Trinajstić information content (AvgIpc) is 2.16. The normalized spacial score (nSPS) is 14.8. The maximum Gasteiger partial charge on any atom is 0.318 e. The van der Waals surface area contributed by atoms with Crippen molar-refractivity contribution < 1.29 is 14.3 Å². The van der Waals surface area contributed by atoms with Crippen LogP contribution in [0.1, 0.15) is 11.6 Å². The summed E-state index contributed by atoms with van der Waals surface area (Å²) in [5.74, 6) is -1.68. The predicted molar refractivity (Wildman–Crippen MR) is 53.7 cm³/mol. The third-order valence-electron chi connectivity index (χ3n) is 1.86. The van der Waals surface area contributed by atoms with Crippen LogP contribution in [0.5, 0.6) is 0 Å². The van der Waals surface area contributed by atoms with Gasteiger partial charge in [0.15, 0.2) is 0 Å². The van der Waals surface area contributed by atoms with Crippen LogP contribution in [0, 0.1) is 5.82 Å². The monoisotopic (exact) mass is 215 g/mol. The molecule has 2 unspecified atom stereocenters. The van der Waals surface area contributed by atoms with Crippen molar-refractivity contribution in [3.8, 4) is 0 Å². The zero-order valence-corrected chi connectivity index (χ0v) is 8.12. The van der Waals surface area contributed by atoms with Gasteiger partial charge in [-0.2, -0.15) is 12.6 Å². The number of benzene rings is 1. The van der Waals surface area contributed by atoms with Crippen molar-refractivity contribution in [1.29, 1.82) is 0 Å². The lowest BCUT2D eigenvalue weighted by atomic mass is 10.0. The number of carboxylic acids is 1. The predicted octanol–water partition coefficient (Wildman–Crippen LogP) is 1.21. The van der Waals surface area contributed by atoms with E-state index in [2.05, 4.69) is 12.6 Å². The summed E-state index contributed by atoms with van der Waals surface area (Å²) in [4.78, 5) is 10.5. The van der Waals surface area contributed by atoms with Gasteiger partial charge in [-0.1, -0.05) is 18.2 Å². The van der Waals surface area contributed by atoms with E-state index in [9.17, 15) is 9.18 Å². The number of carboxylic acid groups (broad SMARTS) is 1. The molecule has 0 aromatic heterocycles. The smallest absolute Gasteiger partial charge is 0.318 e. The molecule has 1 rings (SSSR count). The molecule has 0 bridgehead atoms. The molecule has 0 heterocycles. The molecule has 0 saturated carbocycles. The second-order valence-corrected chi connectivity index (χ2v) is 3.39. The van der Waals surface area contributed by atoms with Gasteiger partial charge in [-0.15, -0.1) is 0 Å². The Kier molecular flexibility index (Phi) is 3.49. The SMILES string of the molecule is NC(c1ccccc1F)C(S)C(=O)O. The molecule has 2 atom stereocenters. The van der Waals surface area contributed by atoms with Gasteiger partial charge in [-0.3, -0.25) is 4.79 Å². The van der Waals surface area contributed by atoms with Crippen LogP contribution in [-0.2, 0) is 4.79 Å². The van der Waals surface area contributed by atoms with Crippen molar-refractivity contribution in [2.24, 2.45) is 5.73 Å². The minimum atomic E-state index is -1.16. The highest BCUT2D eigenvalue weighted by atomic mass is 32.1. The van der Waals surface area contributed by atoms with Crippen molar-refractivity contribution in [3.05, 3.63) is 35.6 Å². The summed E-state index contributed by atoms with van der Waals surface area (Å²) in [6.07, 6.45) is 0. The van der Waals surface area contributed by atoms with E-state index in [1.807, 2.05) is 0 Å². The fraction of sp³-hybridized carbons (Fsp3) is 0.222. The molecule has 0 amide bonds. The minimum Gasteiger partial charge on any atom is -0.480 e. The second-order valence-electron chi connectivity index (χ2n) is 2.83. The van der Waals surface area contributed by atoms with E-state index < -0.39 is 23.1 Å². The highest BCUT2D eigenvalue weighted by Gasteiger charge is 2.24. The summed E-state index contributed by atoms with van der Waals surface area (Å²) in [5.41, 5.74) is 5.70. The minimum absolute atomic E-state index is 0.162. The van der Waals surface area contributed by atoms with Gasteiger partial charge in [0.2, 0.25) is 0 Å². The van der Waals surface area contributed by atoms with Gasteiger partial charge in [0.1, 0.15) is 11.1 Å². The molecule has 0 aliphatic heterocycles. The number of aliphatic carboxylic acids is 1. The van der Waals surface area contributed by atoms with Crippen molar-refractivity contribution >= 4 is 18.6 Å². The van der Waals surface area contributed by atoms with E-state index in [0.717, 1.165) is 0 Å². The molecule has 3 nitrogen and oxygen atoms in total. The lowest BCUT2D eigenvalue weighted by Gasteiger charge is -2.15. The van der Waals surface area contributed by atoms with Gasteiger partial charge in [0.25, 0.3) is 0 Å². The third-order valence-corrected chi connectivity index (χ3v) is 2.40. The van der Waals surface area contributed by atoms with E-state index in [1.165, 1.54) is 18.2 Å². The molecule has 76 valence electrons. The first-order valence-corrected chi connectivity index (χ1v) is 4.46. The quantitative estimate of drug-likeness (QED) is 0.664. The molecule has 5 heteroatoms. The van der Waals surface area contributed by atoms with Gasteiger partial charge in [-0.25, -0.2) is 4.39 Å². The molecule has 0 radical (unpaired) electrons. The Balaban J connectivity index is 2.94. The van der Waals surface area contributed by atoms with Crippen molar-refractivity contribution in [2.45, 2.75) is 11.3 Å². The first kappa shape index (κ1) is 11.0. The molecule has 1 aromatic rings. The average molecular weight is 215 g/mol. The van der Waals surface area contributed by atoms with Crippen LogP contribution >= 0.6 is 12.6 Å². The number of thiol groups is 1. The Hall–Kier alpha value is -1.07. The van der Waals surface area contributed by atoms with Gasteiger partial charge in [0.05, 0.1) is 6.04 Å². The third kappa shape index (κ3) is 2.24. The van der Waals surface area contributed by atoms with E-state index in [1.54, 1.807) is 6.07 Å². The highest BCUT2D eigenvalue weighted by Crippen LogP contribution is 2.20. The van der Waals surface area contributed by atoms with Gasteiger partial charge >= 0.3 is 5.97 Å². The van der Waals surface area contributed by atoms with Crippen LogP contribution in [0.3, 0.4) is 0 Å². The van der Waals surface area contributed by atoms with Crippen molar-refractivity contribution in [1.82, 2.24) is 0 Å². The molecule has 3 N–H and O–H groups in total. The number of carbonyl (C=O) groups is 1. The second kappa shape index (κ2) is 4.43. The lowest BCUT2D eigenvalue weighted by Crippen LogP contribution is -2.29. The van der Waals surface area contributed by atoms with E-state index in [0.29, 0.717) is 0 Å². The van der Waals surface area contributed by atoms with Gasteiger partial charge in [-0.05, 0) is 6.07 Å². The zero-order valence-electron chi connectivity index (χ0n) is 7.22. The Morgan fingerprint density at radius 2 is 2.07 bits per heavy atom. The summed E-state index contributed by atoms with van der Waals surface area (Å²) in [7, 11) is 0. The summed E-state index contributed by atoms with van der Waals surface area (Å²) in [5, 5.41) is 7.52. The standard InChI is InChI=1S/C9H10FNO2S/c10-6-4-2-1-3-5(6)7(11)8(14)9(12)13/h1-4,7-8,14H,11H2,(H,12,13). The number of nitrogens with two attached hydrogens (primary N) is 1. The largest absolute Gasteiger partial charge is 0.480 e. The van der Waals surface area contributed by atoms with Crippen LogP contribution in [-0.4, -0.2) is 16.3 Å². The zero-order chi connectivity index (χ0) is 10.7. The summed E-state index contributed by atoms with van der Waals surface area (Å²) >= 11 is 3.79. The fourth-order valence-corrected chi connectivity index (χ4v) is 1.23.